The summed E-state index contributed by atoms with van der Waals surface area (Å²) in [5.41, 5.74) is 1.19. The largest absolute Gasteiger partial charge is 0.233 e. The molecule has 0 aliphatic carbocycles. The van der Waals surface area contributed by atoms with Gasteiger partial charge in [0.2, 0.25) is 0 Å². The quantitative estimate of drug-likeness (QED) is 0.526. The van der Waals surface area contributed by atoms with E-state index in [1.807, 2.05) is 0 Å². The molecule has 0 bridgehead atoms. The van der Waals surface area contributed by atoms with Gasteiger partial charge in [0.05, 0.1) is 6.37 Å². The highest BCUT2D eigenvalue weighted by Gasteiger charge is 2.17. The second-order valence-electron chi connectivity index (χ2n) is 2.98. The Morgan fingerprint density at radius 3 is 2.80 bits per heavy atom. The van der Waals surface area contributed by atoms with Crippen LogP contribution >= 0.6 is 51.6 Å². The van der Waals surface area contributed by atoms with E-state index in [-0.39, 0.29) is 5.82 Å². The maximum absolute atomic E-state index is 13.7. The molecule has 2 nitrogen and oxygen atoms in total. The van der Waals surface area contributed by atoms with Gasteiger partial charge in [0.1, 0.15) is 5.52 Å². The summed E-state index contributed by atoms with van der Waals surface area (Å²) in [6.07, 6.45) is 0.302. The summed E-state index contributed by atoms with van der Waals surface area (Å²) in [7, 11) is 0. The van der Waals surface area contributed by atoms with Crippen molar-refractivity contribution in [3.8, 4) is 0 Å². The van der Waals surface area contributed by atoms with Crippen LogP contribution in [-0.4, -0.2) is 9.55 Å². The molecule has 1 aromatic carbocycles. The van der Waals surface area contributed by atoms with E-state index in [9.17, 15) is 4.39 Å². The molecule has 1 atom stereocenters. The van der Waals surface area contributed by atoms with E-state index in [2.05, 4.69) is 27.1 Å². The lowest BCUT2D eigenvalue weighted by atomic mass is 10.1. The van der Waals surface area contributed by atoms with Crippen molar-refractivity contribution in [2.45, 2.75) is 6.92 Å². The van der Waals surface area contributed by atoms with E-state index in [1.54, 1.807) is 11.4 Å². The van der Waals surface area contributed by atoms with Gasteiger partial charge in [-0.3, -0.25) is 0 Å². The molecule has 1 heterocycles. The average molecular weight is 377 g/mol. The number of aromatic nitrogens is 2. The van der Waals surface area contributed by atoms with Crippen LogP contribution in [0.4, 0.5) is 4.39 Å². The van der Waals surface area contributed by atoms with Gasteiger partial charge in [-0.1, -0.05) is 23.2 Å². The zero-order valence-corrected chi connectivity index (χ0v) is 12.2. The third-order valence-corrected chi connectivity index (χ3v) is 4.65. The number of hydrogen-bond donors (Lipinski definition) is 0. The van der Waals surface area contributed by atoms with E-state index in [0.29, 0.717) is 27.5 Å². The molecule has 80 valence electrons. The fourth-order valence-electron chi connectivity index (χ4n) is 1.41. The normalized spacial score (nSPS) is 12.1. The number of hydrogen-bond acceptors (Lipinski definition) is 1. The Labute approximate surface area is 110 Å². The standard InChI is InChI=1S/C8H5Cl2FIN2P/c1-3-4(9)2-5(11)7-6(3)8(10)13-14(7)15-12/h2,15H,1H3. The third-order valence-electron chi connectivity index (χ3n) is 2.14. The first kappa shape index (κ1) is 11.8. The second kappa shape index (κ2) is 4.32. The summed E-state index contributed by atoms with van der Waals surface area (Å²) in [6, 6.07) is 1.30. The van der Waals surface area contributed by atoms with Crippen molar-refractivity contribution in [1.82, 2.24) is 9.55 Å². The van der Waals surface area contributed by atoms with Crippen LogP contribution in [-0.2, 0) is 0 Å². The summed E-state index contributed by atoms with van der Waals surface area (Å²) in [5, 5.41) is 5.33. The molecule has 15 heavy (non-hydrogen) atoms. The lowest BCUT2D eigenvalue weighted by Gasteiger charge is -2.02. The molecule has 1 unspecified atom stereocenters. The lowest BCUT2D eigenvalue weighted by molar-refractivity contribution is 0.634. The monoisotopic (exact) mass is 376 g/mol. The van der Waals surface area contributed by atoms with Crippen LogP contribution in [0.15, 0.2) is 6.07 Å². The molecule has 0 saturated carbocycles. The van der Waals surface area contributed by atoms with Crippen molar-refractivity contribution >= 4 is 62.5 Å². The van der Waals surface area contributed by atoms with Crippen LogP contribution in [0.25, 0.3) is 10.9 Å². The van der Waals surface area contributed by atoms with Crippen LogP contribution in [0.2, 0.25) is 10.2 Å². The summed E-state index contributed by atoms with van der Waals surface area (Å²) >= 11 is 14.0. The van der Waals surface area contributed by atoms with Gasteiger partial charge in [-0.15, -0.1) is 0 Å². The van der Waals surface area contributed by atoms with Gasteiger partial charge in [-0.25, -0.2) is 8.84 Å². The Kier molecular flexibility index (Phi) is 3.41. The summed E-state index contributed by atoms with van der Waals surface area (Å²) in [6.45, 7) is 1.80. The molecule has 0 fully saturated rings. The number of aryl methyl sites for hydroxylation is 1. The Hall–Kier alpha value is 0.360. The predicted molar refractivity (Wildman–Crippen MR) is 72.2 cm³/mol. The van der Waals surface area contributed by atoms with Gasteiger partial charge < -0.3 is 0 Å². The van der Waals surface area contributed by atoms with Crippen molar-refractivity contribution in [3.63, 3.8) is 0 Å². The Morgan fingerprint density at radius 1 is 1.53 bits per heavy atom. The maximum atomic E-state index is 13.7. The second-order valence-corrected chi connectivity index (χ2v) is 5.78. The van der Waals surface area contributed by atoms with Crippen molar-refractivity contribution < 1.29 is 4.39 Å². The molecule has 0 spiro atoms. The van der Waals surface area contributed by atoms with Gasteiger partial charge in [0.15, 0.2) is 11.0 Å². The zero-order valence-electron chi connectivity index (χ0n) is 7.48. The first-order valence-electron chi connectivity index (χ1n) is 3.95. The number of benzene rings is 1. The van der Waals surface area contributed by atoms with Crippen LogP contribution in [0.3, 0.4) is 0 Å². The number of nitrogens with zero attached hydrogens (tertiary/aromatic N) is 2. The average Bonchev–Trinajstić information content (AvgIpc) is 2.52. The fourth-order valence-corrected chi connectivity index (χ4v) is 3.46. The smallest absolute Gasteiger partial charge is 0.159 e. The van der Waals surface area contributed by atoms with Crippen LogP contribution < -0.4 is 0 Å². The van der Waals surface area contributed by atoms with Gasteiger partial charge in [-0.05, 0) is 40.6 Å². The Bertz CT molecular complexity index is 543. The number of rotatable bonds is 1. The molecule has 0 saturated heterocycles. The Balaban J connectivity index is 2.98. The van der Waals surface area contributed by atoms with Gasteiger partial charge in [0.25, 0.3) is 0 Å². The first-order chi connectivity index (χ1) is 7.06. The molecule has 0 amide bonds. The van der Waals surface area contributed by atoms with Crippen molar-refractivity contribution in [2.24, 2.45) is 0 Å². The molecule has 0 aliphatic heterocycles. The highest BCUT2D eigenvalue weighted by atomic mass is 127. The highest BCUT2D eigenvalue weighted by molar-refractivity contribution is 14.2. The van der Waals surface area contributed by atoms with Crippen LogP contribution in [0.5, 0.6) is 0 Å². The minimum absolute atomic E-state index is 0.299. The SMILES string of the molecule is Cc1c(Cl)cc(F)c2c1c(Cl)nn2PI. The van der Waals surface area contributed by atoms with E-state index in [0.717, 1.165) is 5.56 Å². The summed E-state index contributed by atoms with van der Waals surface area (Å²) in [4.78, 5) is 0. The highest BCUT2D eigenvalue weighted by Crippen LogP contribution is 2.37. The molecular weight excluding hydrogens is 372 g/mol. The minimum atomic E-state index is -0.385. The van der Waals surface area contributed by atoms with E-state index in [1.165, 1.54) is 6.07 Å². The third kappa shape index (κ3) is 1.86. The lowest BCUT2D eigenvalue weighted by Crippen LogP contribution is -1.88. The topological polar surface area (TPSA) is 17.8 Å². The van der Waals surface area contributed by atoms with Crippen molar-refractivity contribution in [2.75, 3.05) is 0 Å². The van der Waals surface area contributed by atoms with E-state index >= 15 is 0 Å². The molecule has 0 aliphatic rings. The number of halogens is 4. The minimum Gasteiger partial charge on any atom is -0.233 e. The molecule has 7 heteroatoms. The molecule has 2 rings (SSSR count). The van der Waals surface area contributed by atoms with Crippen LogP contribution in [0, 0.1) is 12.7 Å². The molecule has 0 radical (unpaired) electrons. The van der Waals surface area contributed by atoms with Crippen molar-refractivity contribution in [3.05, 3.63) is 27.6 Å². The molecule has 1 aromatic heterocycles. The van der Waals surface area contributed by atoms with E-state index in [4.69, 9.17) is 23.2 Å². The van der Waals surface area contributed by atoms with Crippen LogP contribution in [0.1, 0.15) is 5.56 Å². The Morgan fingerprint density at radius 2 is 2.20 bits per heavy atom. The van der Waals surface area contributed by atoms with Crippen molar-refractivity contribution in [1.29, 1.82) is 0 Å². The van der Waals surface area contributed by atoms with Gasteiger partial charge in [0, 0.05) is 10.4 Å². The molecule has 2 aromatic rings. The van der Waals surface area contributed by atoms with E-state index < -0.39 is 0 Å². The van der Waals surface area contributed by atoms with Gasteiger partial charge in [-0.2, -0.15) is 5.10 Å². The number of fused-ring (bicyclic) bond motifs is 1. The fraction of sp³-hybridized carbons (Fsp3) is 0.125. The maximum Gasteiger partial charge on any atom is 0.159 e. The molecule has 0 N–H and O–H groups in total. The predicted octanol–water partition coefficient (Wildman–Crippen LogP) is 4.58. The zero-order chi connectivity index (χ0) is 11.2. The first-order valence-corrected chi connectivity index (χ1v) is 8.77. The molecular formula is C8H5Cl2FIN2P. The summed E-state index contributed by atoms with van der Waals surface area (Å²) < 4.78 is 15.2. The summed E-state index contributed by atoms with van der Waals surface area (Å²) in [5.74, 6) is -0.385. The van der Waals surface area contributed by atoms with Gasteiger partial charge >= 0.3 is 0 Å².